The van der Waals surface area contributed by atoms with E-state index in [0.717, 1.165) is 5.56 Å². The van der Waals surface area contributed by atoms with E-state index in [-0.39, 0.29) is 17.4 Å². The Morgan fingerprint density at radius 3 is 2.57 bits per heavy atom. The Hall–Kier alpha value is -0.960. The number of halogens is 1. The lowest BCUT2D eigenvalue weighted by Gasteiger charge is -2.11. The Balaban J connectivity index is 2.37. The quantitative estimate of drug-likeness (QED) is 0.785. The van der Waals surface area contributed by atoms with Crippen LogP contribution in [0.15, 0.2) is 12.3 Å². The minimum atomic E-state index is -0.973. The Bertz CT molecular complexity index is 358. The van der Waals surface area contributed by atoms with Gasteiger partial charge in [0.1, 0.15) is 17.1 Å². The Morgan fingerprint density at radius 2 is 2.14 bits per heavy atom. The van der Waals surface area contributed by atoms with Crippen LogP contribution in [0.4, 0.5) is 4.39 Å². The van der Waals surface area contributed by atoms with Gasteiger partial charge in [-0.15, -0.1) is 0 Å². The zero-order valence-electron chi connectivity index (χ0n) is 8.42. The van der Waals surface area contributed by atoms with E-state index in [1.807, 2.05) is 13.8 Å². The first kappa shape index (κ1) is 9.59. The first-order valence-electron chi connectivity index (χ1n) is 4.91. The lowest BCUT2D eigenvalue weighted by Crippen LogP contribution is -2.11. The van der Waals surface area contributed by atoms with Gasteiger partial charge in [0.25, 0.3) is 0 Å². The third kappa shape index (κ3) is 1.52. The second-order valence-corrected chi connectivity index (χ2v) is 4.29. The van der Waals surface area contributed by atoms with Crippen molar-refractivity contribution in [3.63, 3.8) is 0 Å². The largest absolute Gasteiger partial charge is 0.383 e. The van der Waals surface area contributed by atoms with Crippen molar-refractivity contribution < 1.29 is 9.50 Å². The van der Waals surface area contributed by atoms with Gasteiger partial charge in [-0.05, 0) is 30.4 Å². The Labute approximate surface area is 82.8 Å². The predicted octanol–water partition coefficient (Wildman–Crippen LogP) is 2.33. The van der Waals surface area contributed by atoms with Gasteiger partial charge >= 0.3 is 0 Å². The summed E-state index contributed by atoms with van der Waals surface area (Å²) in [6.07, 6.45) is 2.90. The maximum Gasteiger partial charge on any atom is 0.147 e. The molecule has 2 nitrogen and oxygen atoms in total. The molecule has 0 spiro atoms. The van der Waals surface area contributed by atoms with Gasteiger partial charge in [0.2, 0.25) is 0 Å². The first-order valence-corrected chi connectivity index (χ1v) is 4.91. The van der Waals surface area contributed by atoms with Gasteiger partial charge in [0.05, 0.1) is 0 Å². The van der Waals surface area contributed by atoms with Gasteiger partial charge in [-0.25, -0.2) is 4.39 Å². The summed E-state index contributed by atoms with van der Waals surface area (Å²) in [4.78, 5) is 4.01. The van der Waals surface area contributed by atoms with E-state index in [2.05, 4.69) is 4.98 Å². The molecule has 1 aliphatic rings. The second kappa shape index (κ2) is 3.02. The molecule has 3 heteroatoms. The van der Waals surface area contributed by atoms with Crippen LogP contribution in [0, 0.1) is 5.82 Å². The van der Waals surface area contributed by atoms with Crippen molar-refractivity contribution in [2.45, 2.75) is 38.2 Å². The molecule has 0 bridgehead atoms. The third-order valence-corrected chi connectivity index (χ3v) is 2.69. The smallest absolute Gasteiger partial charge is 0.147 e. The van der Waals surface area contributed by atoms with Gasteiger partial charge < -0.3 is 5.11 Å². The highest BCUT2D eigenvalue weighted by Gasteiger charge is 2.45. The van der Waals surface area contributed by atoms with Crippen molar-refractivity contribution in [2.24, 2.45) is 0 Å². The molecule has 1 aliphatic carbocycles. The van der Waals surface area contributed by atoms with E-state index < -0.39 is 5.60 Å². The van der Waals surface area contributed by atoms with Crippen molar-refractivity contribution in [1.82, 2.24) is 4.98 Å². The molecule has 76 valence electrons. The molecule has 0 amide bonds. The van der Waals surface area contributed by atoms with E-state index in [1.165, 1.54) is 6.07 Å². The van der Waals surface area contributed by atoms with Crippen LogP contribution >= 0.6 is 0 Å². The van der Waals surface area contributed by atoms with E-state index in [9.17, 15) is 9.50 Å². The molecular weight excluding hydrogens is 181 g/mol. The number of rotatable bonds is 2. The topological polar surface area (TPSA) is 33.1 Å². The van der Waals surface area contributed by atoms with E-state index in [1.54, 1.807) is 6.20 Å². The maximum absolute atomic E-state index is 13.5. The highest BCUT2D eigenvalue weighted by atomic mass is 19.1. The minimum Gasteiger partial charge on any atom is -0.383 e. The van der Waals surface area contributed by atoms with Gasteiger partial charge in [0.15, 0.2) is 0 Å². The molecule has 1 aromatic heterocycles. The molecule has 1 heterocycles. The molecule has 0 aromatic carbocycles. The molecule has 0 unspecified atom stereocenters. The van der Waals surface area contributed by atoms with Gasteiger partial charge in [-0.3, -0.25) is 4.98 Å². The summed E-state index contributed by atoms with van der Waals surface area (Å²) in [5.74, 6) is -0.115. The molecule has 1 saturated carbocycles. The monoisotopic (exact) mass is 195 g/mol. The van der Waals surface area contributed by atoms with E-state index in [4.69, 9.17) is 0 Å². The Kier molecular flexibility index (Phi) is 2.07. The van der Waals surface area contributed by atoms with Crippen LogP contribution in [0.1, 0.15) is 43.9 Å². The van der Waals surface area contributed by atoms with Crippen LogP contribution < -0.4 is 0 Å². The molecule has 1 fully saturated rings. The highest BCUT2D eigenvalue weighted by molar-refractivity contribution is 5.26. The average Bonchev–Trinajstić information content (AvgIpc) is 2.84. The summed E-state index contributed by atoms with van der Waals surface area (Å²) < 4.78 is 13.5. The fourth-order valence-electron chi connectivity index (χ4n) is 1.47. The van der Waals surface area contributed by atoms with Crippen LogP contribution in [0.5, 0.6) is 0 Å². The maximum atomic E-state index is 13.5. The van der Waals surface area contributed by atoms with Crippen LogP contribution in [-0.4, -0.2) is 10.1 Å². The first-order chi connectivity index (χ1) is 6.53. The predicted molar refractivity (Wildman–Crippen MR) is 51.4 cm³/mol. The van der Waals surface area contributed by atoms with Crippen molar-refractivity contribution >= 4 is 0 Å². The molecule has 0 radical (unpaired) electrons. The van der Waals surface area contributed by atoms with Crippen LogP contribution in [0.2, 0.25) is 0 Å². The fraction of sp³-hybridized carbons (Fsp3) is 0.545. The number of pyridine rings is 1. The zero-order valence-corrected chi connectivity index (χ0v) is 8.42. The summed E-state index contributed by atoms with van der Waals surface area (Å²) in [5, 5.41) is 9.71. The highest BCUT2D eigenvalue weighted by Crippen LogP contribution is 2.45. The number of hydrogen-bond donors (Lipinski definition) is 1. The van der Waals surface area contributed by atoms with Crippen LogP contribution in [-0.2, 0) is 5.60 Å². The van der Waals surface area contributed by atoms with Crippen molar-refractivity contribution in [2.75, 3.05) is 0 Å². The normalized spacial score (nSPS) is 18.6. The summed E-state index contributed by atoms with van der Waals surface area (Å²) in [6.45, 7) is 3.98. The van der Waals surface area contributed by atoms with Gasteiger partial charge in [-0.1, -0.05) is 13.8 Å². The molecule has 1 aromatic rings. The van der Waals surface area contributed by atoms with Crippen LogP contribution in [0.3, 0.4) is 0 Å². The molecule has 1 N–H and O–H groups in total. The van der Waals surface area contributed by atoms with Gasteiger partial charge in [-0.2, -0.15) is 0 Å². The molecular formula is C11H14FNO. The average molecular weight is 195 g/mol. The number of hydrogen-bond acceptors (Lipinski definition) is 2. The third-order valence-electron chi connectivity index (χ3n) is 2.69. The number of aliphatic hydroxyl groups is 1. The standard InChI is InChI=1S/C11H14FNO/c1-7(2)8-5-9(12)10(13-6-8)11(14)3-4-11/h5-7,14H,3-4H2,1-2H3. The molecule has 0 aliphatic heterocycles. The summed E-state index contributed by atoms with van der Waals surface area (Å²) in [7, 11) is 0. The minimum absolute atomic E-state index is 0.210. The second-order valence-electron chi connectivity index (χ2n) is 4.29. The lowest BCUT2D eigenvalue weighted by molar-refractivity contribution is 0.141. The SMILES string of the molecule is CC(C)c1cnc(C2(O)CC2)c(F)c1. The zero-order chi connectivity index (χ0) is 10.3. The van der Waals surface area contributed by atoms with Crippen molar-refractivity contribution in [3.8, 4) is 0 Å². The molecule has 0 atom stereocenters. The summed E-state index contributed by atoms with van der Waals surface area (Å²) in [5.41, 5.74) is 0.108. The molecule has 0 saturated heterocycles. The van der Waals surface area contributed by atoms with E-state index >= 15 is 0 Å². The van der Waals surface area contributed by atoms with Crippen LogP contribution in [0.25, 0.3) is 0 Å². The van der Waals surface area contributed by atoms with Crippen molar-refractivity contribution in [3.05, 3.63) is 29.3 Å². The summed E-state index contributed by atoms with van der Waals surface area (Å²) in [6, 6.07) is 1.48. The van der Waals surface area contributed by atoms with Crippen molar-refractivity contribution in [1.29, 1.82) is 0 Å². The number of nitrogens with zero attached hydrogens (tertiary/aromatic N) is 1. The lowest BCUT2D eigenvalue weighted by atomic mass is 10.0. The fourth-order valence-corrected chi connectivity index (χ4v) is 1.47. The molecule has 14 heavy (non-hydrogen) atoms. The molecule has 2 rings (SSSR count). The number of aromatic nitrogens is 1. The summed E-state index contributed by atoms with van der Waals surface area (Å²) >= 11 is 0. The Morgan fingerprint density at radius 1 is 1.50 bits per heavy atom. The van der Waals surface area contributed by atoms with Gasteiger partial charge in [0, 0.05) is 6.20 Å². The van der Waals surface area contributed by atoms with E-state index in [0.29, 0.717) is 12.8 Å².